The average Bonchev–Trinajstić information content (AvgIpc) is 3.04. The summed E-state index contributed by atoms with van der Waals surface area (Å²) in [5.41, 5.74) is 3.39. The van der Waals surface area contributed by atoms with Crippen LogP contribution in [0.15, 0.2) is 59.1 Å². The molecule has 3 aromatic rings. The molecule has 0 saturated heterocycles. The molecule has 0 spiro atoms. The van der Waals surface area contributed by atoms with E-state index in [1.54, 1.807) is 24.4 Å². The van der Waals surface area contributed by atoms with Crippen molar-refractivity contribution in [1.82, 2.24) is 4.98 Å². The molecule has 0 unspecified atom stereocenters. The van der Waals surface area contributed by atoms with E-state index in [0.717, 1.165) is 11.3 Å². The number of aromatic nitrogens is 1. The monoisotopic (exact) mass is 322 g/mol. The van der Waals surface area contributed by atoms with Crippen LogP contribution in [0.5, 0.6) is 0 Å². The fraction of sp³-hybridized carbons (Fsp3) is 0.158. The molecule has 0 aliphatic carbocycles. The molecule has 0 bridgehead atoms. The molecule has 3 rings (SSSR count). The van der Waals surface area contributed by atoms with Gasteiger partial charge in [-0.3, -0.25) is 0 Å². The topological polar surface area (TPSA) is 64.4 Å². The highest BCUT2D eigenvalue weighted by Gasteiger charge is 2.13. The number of benzene rings is 2. The van der Waals surface area contributed by atoms with Gasteiger partial charge in [0.2, 0.25) is 0 Å². The van der Waals surface area contributed by atoms with Gasteiger partial charge in [-0.1, -0.05) is 42.0 Å². The minimum Gasteiger partial charge on any atom is -0.465 e. The molecule has 1 aromatic heterocycles. The Labute approximate surface area is 140 Å². The summed E-state index contributed by atoms with van der Waals surface area (Å²) in [5.74, 6) is 0.335. The first-order valence-electron chi connectivity index (χ1n) is 7.60. The Balaban J connectivity index is 1.75. The summed E-state index contributed by atoms with van der Waals surface area (Å²) >= 11 is 0. The third-order valence-electron chi connectivity index (χ3n) is 3.63. The van der Waals surface area contributed by atoms with Crippen LogP contribution in [0.1, 0.15) is 27.2 Å². The van der Waals surface area contributed by atoms with E-state index in [-0.39, 0.29) is 0 Å². The summed E-state index contributed by atoms with van der Waals surface area (Å²) in [4.78, 5) is 16.0. The highest BCUT2D eigenvalue weighted by atomic mass is 16.5. The molecule has 0 aliphatic heterocycles. The van der Waals surface area contributed by atoms with Crippen LogP contribution in [0, 0.1) is 6.92 Å². The first kappa shape index (κ1) is 15.8. The number of methoxy groups -OCH3 is 1. The molecule has 5 nitrogen and oxygen atoms in total. The van der Waals surface area contributed by atoms with E-state index in [4.69, 9.17) is 9.15 Å². The first-order valence-corrected chi connectivity index (χ1v) is 7.60. The normalized spacial score (nSPS) is 10.4. The van der Waals surface area contributed by atoms with Crippen molar-refractivity contribution in [3.63, 3.8) is 0 Å². The highest BCUT2D eigenvalue weighted by Crippen LogP contribution is 2.22. The van der Waals surface area contributed by atoms with Gasteiger partial charge in [0, 0.05) is 6.42 Å². The fourth-order valence-corrected chi connectivity index (χ4v) is 2.35. The van der Waals surface area contributed by atoms with Gasteiger partial charge in [0.05, 0.1) is 24.6 Å². The Morgan fingerprint density at radius 1 is 1.17 bits per heavy atom. The van der Waals surface area contributed by atoms with Gasteiger partial charge in [-0.05, 0) is 24.6 Å². The van der Waals surface area contributed by atoms with Crippen molar-refractivity contribution >= 4 is 17.7 Å². The zero-order chi connectivity index (χ0) is 16.9. The van der Waals surface area contributed by atoms with Crippen molar-refractivity contribution < 1.29 is 13.9 Å². The number of hydrogen-bond acceptors (Lipinski definition) is 5. The van der Waals surface area contributed by atoms with Crippen LogP contribution in [0.4, 0.5) is 11.7 Å². The summed E-state index contributed by atoms with van der Waals surface area (Å²) in [6.45, 7) is 2.05. The molecule has 0 amide bonds. The number of carbonyl (C=O) groups is 1. The lowest BCUT2D eigenvalue weighted by molar-refractivity contribution is 0.0602. The van der Waals surface area contributed by atoms with Gasteiger partial charge in [-0.2, -0.15) is 0 Å². The Hall–Kier alpha value is -3.08. The van der Waals surface area contributed by atoms with Crippen molar-refractivity contribution in [2.75, 3.05) is 12.4 Å². The number of anilines is 2. The minimum absolute atomic E-state index is 0.341. The van der Waals surface area contributed by atoms with Crippen molar-refractivity contribution in [1.29, 1.82) is 0 Å². The summed E-state index contributed by atoms with van der Waals surface area (Å²) < 4.78 is 10.5. The fourth-order valence-electron chi connectivity index (χ4n) is 2.35. The molecule has 0 atom stereocenters. The molecule has 2 aromatic carbocycles. The second-order valence-corrected chi connectivity index (χ2v) is 5.46. The molecule has 0 aliphatic rings. The summed E-state index contributed by atoms with van der Waals surface area (Å²) in [5, 5.41) is 3.02. The summed E-state index contributed by atoms with van der Waals surface area (Å²) in [6.07, 6.45) is 2.34. The van der Waals surface area contributed by atoms with Gasteiger partial charge >= 0.3 is 5.97 Å². The number of ether oxygens (including phenoxy) is 1. The third kappa shape index (κ3) is 3.63. The van der Waals surface area contributed by atoms with Crippen molar-refractivity contribution in [3.05, 3.63) is 77.2 Å². The van der Waals surface area contributed by atoms with Crippen LogP contribution in [-0.2, 0) is 11.2 Å². The quantitative estimate of drug-likeness (QED) is 0.716. The van der Waals surface area contributed by atoms with Crippen molar-refractivity contribution in [3.8, 4) is 0 Å². The van der Waals surface area contributed by atoms with E-state index in [9.17, 15) is 4.79 Å². The van der Waals surface area contributed by atoms with Crippen LogP contribution >= 0.6 is 0 Å². The van der Waals surface area contributed by atoms with E-state index in [1.807, 2.05) is 6.07 Å². The Morgan fingerprint density at radius 2 is 1.92 bits per heavy atom. The number of aryl methyl sites for hydroxylation is 1. The SMILES string of the molecule is COC(=O)c1ccccc1Nc1ncc(Cc2ccc(C)cc2)o1. The minimum atomic E-state index is -0.412. The number of oxazole rings is 1. The van der Waals surface area contributed by atoms with Crippen LogP contribution < -0.4 is 5.32 Å². The van der Waals surface area contributed by atoms with Crippen LogP contribution in [-0.4, -0.2) is 18.1 Å². The molecule has 1 heterocycles. The lowest BCUT2D eigenvalue weighted by atomic mass is 10.1. The second kappa shape index (κ2) is 7.00. The van der Waals surface area contributed by atoms with Gasteiger partial charge in [0.15, 0.2) is 0 Å². The molecule has 5 heteroatoms. The number of rotatable bonds is 5. The first-order chi connectivity index (χ1) is 11.7. The van der Waals surface area contributed by atoms with E-state index < -0.39 is 5.97 Å². The Morgan fingerprint density at radius 3 is 2.67 bits per heavy atom. The standard InChI is InChI=1S/C19H18N2O3/c1-13-7-9-14(10-8-13)11-15-12-20-19(24-15)21-17-6-4-3-5-16(17)18(22)23-2/h3-10,12H,11H2,1-2H3,(H,20,21). The van der Waals surface area contributed by atoms with Gasteiger partial charge in [-0.25, -0.2) is 9.78 Å². The lowest BCUT2D eigenvalue weighted by Crippen LogP contribution is -2.05. The number of hydrogen-bond donors (Lipinski definition) is 1. The van der Waals surface area contributed by atoms with Gasteiger partial charge in [0.25, 0.3) is 6.01 Å². The van der Waals surface area contributed by atoms with E-state index >= 15 is 0 Å². The maximum Gasteiger partial charge on any atom is 0.339 e. The number of para-hydroxylation sites is 1. The van der Waals surface area contributed by atoms with Crippen LogP contribution in [0.3, 0.4) is 0 Å². The third-order valence-corrected chi connectivity index (χ3v) is 3.63. The number of nitrogens with one attached hydrogen (secondary N) is 1. The lowest BCUT2D eigenvalue weighted by Gasteiger charge is -2.07. The molecule has 0 saturated carbocycles. The van der Waals surface area contributed by atoms with Gasteiger partial charge in [0.1, 0.15) is 5.76 Å². The van der Waals surface area contributed by atoms with E-state index in [1.165, 1.54) is 12.7 Å². The molecule has 24 heavy (non-hydrogen) atoms. The number of nitrogens with zero attached hydrogens (tertiary/aromatic N) is 1. The average molecular weight is 322 g/mol. The smallest absolute Gasteiger partial charge is 0.339 e. The maximum atomic E-state index is 11.8. The summed E-state index contributed by atoms with van der Waals surface area (Å²) in [6, 6.07) is 15.7. The number of carbonyl (C=O) groups excluding carboxylic acids is 1. The molecular weight excluding hydrogens is 304 g/mol. The predicted octanol–water partition coefficient (Wildman–Crippen LogP) is 4.10. The largest absolute Gasteiger partial charge is 0.465 e. The maximum absolute atomic E-state index is 11.8. The molecule has 0 radical (unpaired) electrons. The van der Waals surface area contributed by atoms with Gasteiger partial charge in [-0.15, -0.1) is 0 Å². The van der Waals surface area contributed by atoms with E-state index in [2.05, 4.69) is 41.5 Å². The zero-order valence-electron chi connectivity index (χ0n) is 13.6. The molecule has 122 valence electrons. The Kier molecular flexibility index (Phi) is 4.61. The van der Waals surface area contributed by atoms with Gasteiger partial charge < -0.3 is 14.5 Å². The van der Waals surface area contributed by atoms with E-state index in [0.29, 0.717) is 23.7 Å². The van der Waals surface area contributed by atoms with Crippen LogP contribution in [0.25, 0.3) is 0 Å². The predicted molar refractivity (Wildman–Crippen MR) is 91.6 cm³/mol. The van der Waals surface area contributed by atoms with Crippen molar-refractivity contribution in [2.45, 2.75) is 13.3 Å². The Bertz CT molecular complexity index is 838. The highest BCUT2D eigenvalue weighted by molar-refractivity contribution is 5.96. The summed E-state index contributed by atoms with van der Waals surface area (Å²) in [7, 11) is 1.35. The molecule has 1 N–H and O–H groups in total. The van der Waals surface area contributed by atoms with Crippen molar-refractivity contribution in [2.24, 2.45) is 0 Å². The second-order valence-electron chi connectivity index (χ2n) is 5.46. The zero-order valence-corrected chi connectivity index (χ0v) is 13.6. The molecular formula is C19H18N2O3. The van der Waals surface area contributed by atoms with Crippen LogP contribution in [0.2, 0.25) is 0 Å². The molecule has 0 fully saturated rings. The number of esters is 1.